The number of furan rings is 1. The minimum atomic E-state index is -0.497. The Kier molecular flexibility index (Phi) is 5.35. The average molecular weight is 384 g/mol. The number of carbonyl (C=O) groups is 1. The number of ether oxygens (including phenoxy) is 1. The van der Waals surface area contributed by atoms with Crippen LogP contribution >= 0.6 is 0 Å². The molecule has 0 amide bonds. The number of hydrogen-bond acceptors (Lipinski definition) is 7. The monoisotopic (exact) mass is 384 g/mol. The van der Waals surface area contributed by atoms with Crippen LogP contribution in [-0.2, 0) is 16.1 Å². The van der Waals surface area contributed by atoms with Gasteiger partial charge in [-0.2, -0.15) is 0 Å². The van der Waals surface area contributed by atoms with Crippen LogP contribution in [0.15, 0.2) is 35.0 Å². The van der Waals surface area contributed by atoms with Crippen LogP contribution in [0.2, 0.25) is 0 Å². The van der Waals surface area contributed by atoms with Gasteiger partial charge in [0.15, 0.2) is 0 Å². The Labute approximate surface area is 165 Å². The molecular weight excluding hydrogens is 356 g/mol. The van der Waals surface area contributed by atoms with E-state index < -0.39 is 5.41 Å². The first-order valence-electron chi connectivity index (χ1n) is 10.1. The van der Waals surface area contributed by atoms with Gasteiger partial charge < -0.3 is 14.1 Å². The highest BCUT2D eigenvalue weighted by molar-refractivity contribution is 5.79. The van der Waals surface area contributed by atoms with E-state index in [1.54, 1.807) is 12.4 Å². The summed E-state index contributed by atoms with van der Waals surface area (Å²) in [5, 5.41) is 0. The summed E-state index contributed by atoms with van der Waals surface area (Å²) < 4.78 is 11.3. The predicted molar refractivity (Wildman–Crippen MR) is 105 cm³/mol. The van der Waals surface area contributed by atoms with E-state index in [-0.39, 0.29) is 11.9 Å². The summed E-state index contributed by atoms with van der Waals surface area (Å²) in [6.45, 7) is 8.19. The van der Waals surface area contributed by atoms with Crippen molar-refractivity contribution in [1.29, 1.82) is 0 Å². The van der Waals surface area contributed by atoms with E-state index in [0.29, 0.717) is 19.1 Å². The van der Waals surface area contributed by atoms with Gasteiger partial charge in [-0.05, 0) is 51.4 Å². The molecule has 2 fully saturated rings. The quantitative estimate of drug-likeness (QED) is 0.734. The molecule has 4 rings (SSSR count). The summed E-state index contributed by atoms with van der Waals surface area (Å²) in [4.78, 5) is 26.4. The first-order chi connectivity index (χ1) is 13.6. The van der Waals surface area contributed by atoms with Crippen molar-refractivity contribution in [3.8, 4) is 0 Å². The van der Waals surface area contributed by atoms with Gasteiger partial charge in [0.25, 0.3) is 0 Å². The molecule has 2 aliphatic heterocycles. The number of rotatable bonds is 5. The largest absolute Gasteiger partial charge is 0.466 e. The minimum Gasteiger partial charge on any atom is -0.466 e. The van der Waals surface area contributed by atoms with Gasteiger partial charge in [-0.15, -0.1) is 0 Å². The first kappa shape index (κ1) is 18.9. The molecule has 0 aliphatic carbocycles. The number of aromatic nitrogens is 2. The minimum absolute atomic E-state index is 0.0749. The third-order valence-corrected chi connectivity index (χ3v) is 5.96. The molecule has 2 aliphatic rings. The molecule has 4 heterocycles. The number of anilines is 1. The third kappa shape index (κ3) is 3.63. The van der Waals surface area contributed by atoms with Crippen LogP contribution in [0.1, 0.15) is 31.3 Å². The zero-order chi connectivity index (χ0) is 19.6. The van der Waals surface area contributed by atoms with Gasteiger partial charge in [-0.3, -0.25) is 9.69 Å². The fraction of sp³-hybridized carbons (Fsp3) is 0.571. The maximum absolute atomic E-state index is 13.1. The molecule has 2 aromatic rings. The van der Waals surface area contributed by atoms with Crippen LogP contribution in [0.4, 0.5) is 5.95 Å². The van der Waals surface area contributed by atoms with Crippen LogP contribution in [0.3, 0.4) is 0 Å². The van der Waals surface area contributed by atoms with Gasteiger partial charge in [-0.25, -0.2) is 9.97 Å². The van der Waals surface area contributed by atoms with Crippen molar-refractivity contribution in [2.45, 2.75) is 33.2 Å². The molecule has 2 aromatic heterocycles. The van der Waals surface area contributed by atoms with E-state index in [0.717, 1.165) is 50.5 Å². The van der Waals surface area contributed by atoms with Gasteiger partial charge >= 0.3 is 5.97 Å². The van der Waals surface area contributed by atoms with Crippen molar-refractivity contribution >= 4 is 11.9 Å². The van der Waals surface area contributed by atoms with Crippen LogP contribution in [0.25, 0.3) is 0 Å². The Morgan fingerprint density at radius 1 is 1.32 bits per heavy atom. The fourth-order valence-electron chi connectivity index (χ4n) is 4.66. The highest BCUT2D eigenvalue weighted by Gasteiger charge is 2.54. The maximum Gasteiger partial charge on any atom is 0.314 e. The molecule has 2 saturated heterocycles. The van der Waals surface area contributed by atoms with Crippen molar-refractivity contribution in [2.24, 2.45) is 11.3 Å². The molecule has 2 atom stereocenters. The van der Waals surface area contributed by atoms with Gasteiger partial charge in [0, 0.05) is 37.9 Å². The van der Waals surface area contributed by atoms with Crippen molar-refractivity contribution < 1.29 is 13.9 Å². The second-order valence-electron chi connectivity index (χ2n) is 7.85. The van der Waals surface area contributed by atoms with Gasteiger partial charge in [0.2, 0.25) is 5.95 Å². The Morgan fingerprint density at radius 3 is 2.86 bits per heavy atom. The number of esters is 1. The Hall–Kier alpha value is -2.41. The van der Waals surface area contributed by atoms with Crippen molar-refractivity contribution in [1.82, 2.24) is 14.9 Å². The third-order valence-electron chi connectivity index (χ3n) is 5.96. The zero-order valence-electron chi connectivity index (χ0n) is 16.6. The SMILES string of the molecule is CCOC(=O)[C@]12CCCN(Cc3ccc(C)o3)C[C@H]1CN(c1ncccn1)C2. The number of fused-ring (bicyclic) bond motifs is 1. The summed E-state index contributed by atoms with van der Waals surface area (Å²) in [5.74, 6) is 2.69. The summed E-state index contributed by atoms with van der Waals surface area (Å²) in [7, 11) is 0. The fourth-order valence-corrected chi connectivity index (χ4v) is 4.66. The van der Waals surface area contributed by atoms with Crippen LogP contribution in [0.5, 0.6) is 0 Å². The smallest absolute Gasteiger partial charge is 0.314 e. The Balaban J connectivity index is 1.57. The molecular formula is C21H28N4O3. The lowest BCUT2D eigenvalue weighted by Gasteiger charge is -2.31. The summed E-state index contributed by atoms with van der Waals surface area (Å²) in [6, 6.07) is 5.85. The van der Waals surface area contributed by atoms with Gasteiger partial charge in [0.05, 0.1) is 18.6 Å². The maximum atomic E-state index is 13.1. The lowest BCUT2D eigenvalue weighted by atomic mass is 9.75. The molecule has 150 valence electrons. The van der Waals surface area contributed by atoms with Crippen LogP contribution in [0, 0.1) is 18.3 Å². The lowest BCUT2D eigenvalue weighted by Crippen LogP contribution is -2.42. The molecule has 0 spiro atoms. The zero-order valence-corrected chi connectivity index (χ0v) is 16.6. The number of nitrogens with zero attached hydrogens (tertiary/aromatic N) is 4. The van der Waals surface area contributed by atoms with Crippen molar-refractivity contribution in [3.63, 3.8) is 0 Å². The van der Waals surface area contributed by atoms with Crippen molar-refractivity contribution in [3.05, 3.63) is 42.1 Å². The molecule has 0 bridgehead atoms. The highest BCUT2D eigenvalue weighted by atomic mass is 16.5. The van der Waals surface area contributed by atoms with Crippen molar-refractivity contribution in [2.75, 3.05) is 37.7 Å². The second kappa shape index (κ2) is 7.91. The van der Waals surface area contributed by atoms with Gasteiger partial charge in [0.1, 0.15) is 11.5 Å². The van der Waals surface area contributed by atoms with E-state index in [1.165, 1.54) is 0 Å². The molecule has 0 saturated carbocycles. The number of hydrogen-bond donors (Lipinski definition) is 0. The van der Waals surface area contributed by atoms with E-state index >= 15 is 0 Å². The topological polar surface area (TPSA) is 71.7 Å². The molecule has 0 unspecified atom stereocenters. The van der Waals surface area contributed by atoms with Crippen LogP contribution in [-0.4, -0.2) is 53.6 Å². The first-order valence-corrected chi connectivity index (χ1v) is 10.1. The van der Waals surface area contributed by atoms with Gasteiger partial charge in [-0.1, -0.05) is 0 Å². The normalized spacial score (nSPS) is 25.4. The average Bonchev–Trinajstić information content (AvgIpc) is 3.22. The second-order valence-corrected chi connectivity index (χ2v) is 7.85. The summed E-state index contributed by atoms with van der Waals surface area (Å²) in [6.07, 6.45) is 5.28. The number of aryl methyl sites for hydroxylation is 1. The van der Waals surface area contributed by atoms with E-state index in [2.05, 4.69) is 19.8 Å². The molecule has 7 nitrogen and oxygen atoms in total. The predicted octanol–water partition coefficient (Wildman–Crippen LogP) is 2.66. The molecule has 0 radical (unpaired) electrons. The summed E-state index contributed by atoms with van der Waals surface area (Å²) >= 11 is 0. The molecule has 0 aromatic carbocycles. The van der Waals surface area contributed by atoms with E-state index in [1.807, 2.05) is 32.0 Å². The van der Waals surface area contributed by atoms with E-state index in [4.69, 9.17) is 9.15 Å². The molecule has 7 heteroatoms. The van der Waals surface area contributed by atoms with E-state index in [9.17, 15) is 4.79 Å². The highest BCUT2D eigenvalue weighted by Crippen LogP contribution is 2.44. The van der Waals surface area contributed by atoms with Crippen LogP contribution < -0.4 is 4.90 Å². The summed E-state index contributed by atoms with van der Waals surface area (Å²) in [5.41, 5.74) is -0.497. The molecule has 28 heavy (non-hydrogen) atoms. The lowest BCUT2D eigenvalue weighted by molar-refractivity contribution is -0.157. The molecule has 0 N–H and O–H groups in total. The standard InChI is InChI=1S/C21H28N4O3/c1-3-27-19(26)21-8-4-11-24(14-18-7-6-16(2)28-18)12-17(21)13-25(15-21)20-22-9-5-10-23-20/h5-7,9-10,17H,3-4,8,11-15H2,1-2H3/t17-,21-/m0/s1. The Morgan fingerprint density at radius 2 is 2.14 bits per heavy atom. The number of carbonyl (C=O) groups excluding carboxylic acids is 1. The Bertz CT molecular complexity index is 809. The number of likely N-dealkylation sites (tertiary alicyclic amines) is 1.